The normalized spacial score (nSPS) is 11.1. The van der Waals surface area contributed by atoms with Gasteiger partial charge >= 0.3 is 6.09 Å². The van der Waals surface area contributed by atoms with E-state index in [1.54, 1.807) is 18.2 Å². The van der Waals surface area contributed by atoms with Gasteiger partial charge in [-0.15, -0.1) is 0 Å². The molecular formula is C18H32FNO2. The average molecular weight is 313 g/mol. The minimum absolute atomic E-state index is 0.0226. The second-order valence-electron chi connectivity index (χ2n) is 5.40. The predicted molar refractivity (Wildman–Crippen MR) is 91.3 cm³/mol. The quantitative estimate of drug-likeness (QED) is 0.795. The zero-order valence-corrected chi connectivity index (χ0v) is 15.3. The van der Waals surface area contributed by atoms with Crippen LogP contribution in [0.4, 0.5) is 9.18 Å². The van der Waals surface area contributed by atoms with Crippen molar-refractivity contribution in [2.45, 2.75) is 68.0 Å². The van der Waals surface area contributed by atoms with Crippen molar-refractivity contribution in [3.63, 3.8) is 0 Å². The van der Waals surface area contributed by atoms with Gasteiger partial charge in [-0.1, -0.05) is 66.7 Å². The molecule has 0 spiro atoms. The maximum absolute atomic E-state index is 13.3. The van der Waals surface area contributed by atoms with Crippen LogP contribution in [-0.4, -0.2) is 12.1 Å². The molecule has 0 bridgehead atoms. The number of carbonyl (C=O) groups is 1. The van der Waals surface area contributed by atoms with Crippen molar-refractivity contribution in [3.05, 3.63) is 35.6 Å². The number of halogens is 1. The summed E-state index contributed by atoms with van der Waals surface area (Å²) in [5, 5.41) is 2.73. The fourth-order valence-corrected chi connectivity index (χ4v) is 1.19. The minimum atomic E-state index is -0.527. The summed E-state index contributed by atoms with van der Waals surface area (Å²) < 4.78 is 18.3. The molecule has 1 rings (SSSR count). The highest BCUT2D eigenvalue weighted by molar-refractivity contribution is 5.67. The first-order chi connectivity index (χ1) is 10.3. The lowest BCUT2D eigenvalue weighted by molar-refractivity contribution is 0.127. The molecule has 0 aliphatic carbocycles. The van der Waals surface area contributed by atoms with Gasteiger partial charge in [-0.3, -0.25) is 0 Å². The molecule has 0 heterocycles. The summed E-state index contributed by atoms with van der Waals surface area (Å²) >= 11 is 0. The highest BCUT2D eigenvalue weighted by Crippen LogP contribution is 2.18. The molecule has 22 heavy (non-hydrogen) atoms. The Hall–Kier alpha value is -1.58. The Morgan fingerprint density at radius 1 is 1.18 bits per heavy atom. The van der Waals surface area contributed by atoms with E-state index in [0.717, 1.165) is 0 Å². The first-order valence-electron chi connectivity index (χ1n) is 7.97. The SMILES string of the molecule is CC.CC.CC(NC(=O)OCc1ccccc1F)C(C)(C)C. The second kappa shape index (κ2) is 12.0. The van der Waals surface area contributed by atoms with Gasteiger partial charge < -0.3 is 10.1 Å². The fourth-order valence-electron chi connectivity index (χ4n) is 1.19. The number of ether oxygens (including phenoxy) is 1. The zero-order valence-electron chi connectivity index (χ0n) is 15.3. The third kappa shape index (κ3) is 9.37. The van der Waals surface area contributed by atoms with Crippen LogP contribution in [0.25, 0.3) is 0 Å². The molecular weight excluding hydrogens is 281 g/mol. The first kappa shape index (κ1) is 22.7. The van der Waals surface area contributed by atoms with Gasteiger partial charge in [0.1, 0.15) is 12.4 Å². The van der Waals surface area contributed by atoms with Crippen molar-refractivity contribution in [1.29, 1.82) is 0 Å². The Morgan fingerprint density at radius 2 is 1.68 bits per heavy atom. The van der Waals surface area contributed by atoms with E-state index in [2.05, 4.69) is 5.32 Å². The third-order valence-corrected chi connectivity index (χ3v) is 2.95. The van der Waals surface area contributed by atoms with Gasteiger partial charge in [-0.2, -0.15) is 0 Å². The van der Waals surface area contributed by atoms with Crippen LogP contribution in [0.1, 0.15) is 61.0 Å². The second-order valence-corrected chi connectivity index (χ2v) is 5.40. The Morgan fingerprint density at radius 3 is 2.14 bits per heavy atom. The van der Waals surface area contributed by atoms with Gasteiger partial charge in [-0.05, 0) is 18.4 Å². The van der Waals surface area contributed by atoms with E-state index in [9.17, 15) is 9.18 Å². The van der Waals surface area contributed by atoms with Crippen molar-refractivity contribution < 1.29 is 13.9 Å². The Balaban J connectivity index is 0. The molecule has 1 aromatic carbocycles. The zero-order chi connectivity index (χ0) is 17.8. The van der Waals surface area contributed by atoms with Gasteiger partial charge in [0.05, 0.1) is 0 Å². The number of carbonyl (C=O) groups excluding carboxylic acids is 1. The van der Waals surface area contributed by atoms with E-state index in [4.69, 9.17) is 4.74 Å². The van der Waals surface area contributed by atoms with Crippen LogP contribution in [0.15, 0.2) is 24.3 Å². The molecule has 0 fully saturated rings. The van der Waals surface area contributed by atoms with Crippen molar-refractivity contribution in [1.82, 2.24) is 5.32 Å². The molecule has 0 aromatic heterocycles. The van der Waals surface area contributed by atoms with Crippen LogP contribution >= 0.6 is 0 Å². The van der Waals surface area contributed by atoms with Crippen LogP contribution < -0.4 is 5.32 Å². The summed E-state index contributed by atoms with van der Waals surface area (Å²) in [4.78, 5) is 11.5. The number of amides is 1. The first-order valence-corrected chi connectivity index (χ1v) is 7.97. The number of rotatable bonds is 3. The van der Waals surface area contributed by atoms with Gasteiger partial charge in [0.15, 0.2) is 0 Å². The summed E-state index contributed by atoms with van der Waals surface area (Å²) in [6, 6.07) is 6.22. The van der Waals surface area contributed by atoms with Crippen LogP contribution in [0.3, 0.4) is 0 Å². The predicted octanol–water partition coefficient (Wildman–Crippen LogP) is 5.54. The van der Waals surface area contributed by atoms with Crippen LogP contribution in [0, 0.1) is 11.2 Å². The van der Waals surface area contributed by atoms with Crippen molar-refractivity contribution in [2.24, 2.45) is 5.41 Å². The number of alkyl carbamates (subject to hydrolysis) is 1. The molecule has 3 nitrogen and oxygen atoms in total. The standard InChI is InChI=1S/C14H20FNO2.2C2H6/c1-10(14(2,3)4)16-13(17)18-9-11-7-5-6-8-12(11)15;2*1-2/h5-8,10H,9H2,1-4H3,(H,16,17);2*1-2H3. The Kier molecular flexibility index (Phi) is 12.4. The van der Waals surface area contributed by atoms with Crippen LogP contribution in [0.2, 0.25) is 0 Å². The van der Waals surface area contributed by atoms with Gasteiger partial charge in [-0.25, -0.2) is 9.18 Å². The van der Waals surface area contributed by atoms with E-state index in [0.29, 0.717) is 5.56 Å². The van der Waals surface area contributed by atoms with Crippen molar-refractivity contribution >= 4 is 6.09 Å². The summed E-state index contributed by atoms with van der Waals surface area (Å²) in [6.45, 7) is 15.9. The Bertz CT molecular complexity index is 414. The van der Waals surface area contributed by atoms with Gasteiger partial charge in [0.2, 0.25) is 0 Å². The van der Waals surface area contributed by atoms with E-state index < -0.39 is 6.09 Å². The van der Waals surface area contributed by atoms with E-state index in [1.807, 2.05) is 55.4 Å². The summed E-state index contributed by atoms with van der Waals surface area (Å²) in [6.07, 6.45) is -0.527. The molecule has 0 saturated carbocycles. The van der Waals surface area contributed by atoms with Crippen LogP contribution in [0.5, 0.6) is 0 Å². The summed E-state index contributed by atoms with van der Waals surface area (Å²) in [7, 11) is 0. The van der Waals surface area contributed by atoms with Gasteiger partial charge in [0, 0.05) is 11.6 Å². The molecule has 1 unspecified atom stereocenters. The summed E-state index contributed by atoms with van der Waals surface area (Å²) in [5.41, 5.74) is 0.327. The minimum Gasteiger partial charge on any atom is -0.445 e. The molecule has 1 aromatic rings. The number of hydrogen-bond donors (Lipinski definition) is 1. The molecule has 1 N–H and O–H groups in total. The maximum Gasteiger partial charge on any atom is 0.407 e. The lowest BCUT2D eigenvalue weighted by Crippen LogP contribution is -2.41. The smallest absolute Gasteiger partial charge is 0.407 e. The molecule has 128 valence electrons. The summed E-state index contributed by atoms with van der Waals surface area (Å²) in [5.74, 6) is -0.367. The van der Waals surface area contributed by atoms with Crippen LogP contribution in [-0.2, 0) is 11.3 Å². The molecule has 1 atom stereocenters. The number of benzene rings is 1. The highest BCUT2D eigenvalue weighted by Gasteiger charge is 2.22. The highest BCUT2D eigenvalue weighted by atomic mass is 19.1. The average Bonchev–Trinajstić information content (AvgIpc) is 2.49. The van der Waals surface area contributed by atoms with Crippen molar-refractivity contribution in [2.75, 3.05) is 0 Å². The van der Waals surface area contributed by atoms with E-state index in [-0.39, 0.29) is 23.9 Å². The molecule has 4 heteroatoms. The third-order valence-electron chi connectivity index (χ3n) is 2.95. The van der Waals surface area contributed by atoms with Crippen molar-refractivity contribution in [3.8, 4) is 0 Å². The fraction of sp³-hybridized carbons (Fsp3) is 0.611. The number of hydrogen-bond acceptors (Lipinski definition) is 2. The number of nitrogens with one attached hydrogen (secondary N) is 1. The molecule has 0 saturated heterocycles. The molecule has 0 radical (unpaired) electrons. The molecule has 1 amide bonds. The molecule has 0 aliphatic rings. The lowest BCUT2D eigenvalue weighted by atomic mass is 9.88. The lowest BCUT2D eigenvalue weighted by Gasteiger charge is -2.27. The largest absolute Gasteiger partial charge is 0.445 e. The maximum atomic E-state index is 13.3. The van der Waals surface area contributed by atoms with Gasteiger partial charge in [0.25, 0.3) is 0 Å². The molecule has 0 aliphatic heterocycles. The monoisotopic (exact) mass is 313 g/mol. The Labute approximate surface area is 135 Å². The van der Waals surface area contributed by atoms with E-state index in [1.165, 1.54) is 6.07 Å². The topological polar surface area (TPSA) is 38.3 Å². The van der Waals surface area contributed by atoms with E-state index >= 15 is 0 Å².